The van der Waals surface area contributed by atoms with Crippen molar-refractivity contribution in [3.8, 4) is 0 Å². The lowest BCUT2D eigenvalue weighted by Gasteiger charge is -2.08. The molecule has 1 aromatic heterocycles. The molecule has 3 N–H and O–H groups in total. The van der Waals surface area contributed by atoms with Crippen molar-refractivity contribution in [3.63, 3.8) is 0 Å². The highest BCUT2D eigenvalue weighted by atomic mass is 16.3. The Morgan fingerprint density at radius 2 is 2.05 bits per heavy atom. The Hall–Kier alpha value is -2.14. The summed E-state index contributed by atoms with van der Waals surface area (Å²) in [5.74, 6) is 0.397. The monoisotopic (exact) mass is 259 g/mol. The first-order valence-electron chi connectivity index (χ1n) is 6.19. The van der Waals surface area contributed by atoms with E-state index in [-0.39, 0.29) is 12.2 Å². The van der Waals surface area contributed by atoms with Crippen LogP contribution in [0.25, 0.3) is 0 Å². The molecule has 2 rings (SSSR count). The van der Waals surface area contributed by atoms with Gasteiger partial charge in [-0.2, -0.15) is 0 Å². The van der Waals surface area contributed by atoms with Crippen LogP contribution < -0.4 is 10.9 Å². The van der Waals surface area contributed by atoms with Gasteiger partial charge in [0.2, 0.25) is 5.95 Å². The molecule has 0 aliphatic rings. The van der Waals surface area contributed by atoms with E-state index in [1.54, 1.807) is 0 Å². The number of hydrogen-bond acceptors (Lipinski definition) is 4. The number of aromatic amines is 1. The van der Waals surface area contributed by atoms with Crippen LogP contribution >= 0.6 is 0 Å². The summed E-state index contributed by atoms with van der Waals surface area (Å²) >= 11 is 0. The van der Waals surface area contributed by atoms with Crippen LogP contribution in [0.1, 0.15) is 16.8 Å². The summed E-state index contributed by atoms with van der Waals surface area (Å²) in [4.78, 5) is 19.0. The van der Waals surface area contributed by atoms with Crippen LogP contribution in [0, 0.1) is 6.92 Å². The van der Waals surface area contributed by atoms with Gasteiger partial charge >= 0.3 is 0 Å². The molecule has 0 unspecified atom stereocenters. The molecule has 0 bridgehead atoms. The van der Waals surface area contributed by atoms with Crippen molar-refractivity contribution < 1.29 is 5.11 Å². The van der Waals surface area contributed by atoms with Crippen molar-refractivity contribution >= 4 is 5.95 Å². The largest absolute Gasteiger partial charge is 0.395 e. The second-order valence-corrected chi connectivity index (χ2v) is 4.29. The number of aromatic nitrogens is 2. The molecule has 19 heavy (non-hydrogen) atoms. The third-order valence-electron chi connectivity index (χ3n) is 2.85. The first-order chi connectivity index (χ1) is 9.20. The number of hydrogen-bond donors (Lipinski definition) is 3. The quantitative estimate of drug-likeness (QED) is 0.750. The SMILES string of the molecule is Cc1nc(NCCO)[nH]c(=O)c1Cc1ccccc1. The van der Waals surface area contributed by atoms with Crippen molar-refractivity contribution in [2.45, 2.75) is 13.3 Å². The lowest BCUT2D eigenvalue weighted by molar-refractivity contribution is 0.310. The van der Waals surface area contributed by atoms with E-state index in [4.69, 9.17) is 5.11 Å². The third-order valence-corrected chi connectivity index (χ3v) is 2.85. The van der Waals surface area contributed by atoms with Crippen LogP contribution in [0.2, 0.25) is 0 Å². The van der Waals surface area contributed by atoms with E-state index in [1.165, 1.54) is 0 Å². The van der Waals surface area contributed by atoms with Gasteiger partial charge in [0.1, 0.15) is 0 Å². The Labute approximate surface area is 111 Å². The Bertz CT molecular complexity index is 593. The fraction of sp³-hybridized carbons (Fsp3) is 0.286. The first kappa shape index (κ1) is 13.3. The van der Waals surface area contributed by atoms with Crippen LogP contribution in [-0.2, 0) is 6.42 Å². The van der Waals surface area contributed by atoms with Crippen molar-refractivity contribution in [2.24, 2.45) is 0 Å². The van der Waals surface area contributed by atoms with Crippen LogP contribution in [0.4, 0.5) is 5.95 Å². The molecule has 5 nitrogen and oxygen atoms in total. The molecule has 0 saturated carbocycles. The lowest BCUT2D eigenvalue weighted by atomic mass is 10.1. The molecule has 0 atom stereocenters. The van der Waals surface area contributed by atoms with Crippen LogP contribution in [0.3, 0.4) is 0 Å². The van der Waals surface area contributed by atoms with Gasteiger partial charge in [-0.25, -0.2) is 4.98 Å². The zero-order chi connectivity index (χ0) is 13.7. The van der Waals surface area contributed by atoms with Gasteiger partial charge in [-0.15, -0.1) is 0 Å². The van der Waals surface area contributed by atoms with Gasteiger partial charge in [-0.05, 0) is 12.5 Å². The van der Waals surface area contributed by atoms with Gasteiger partial charge in [-0.1, -0.05) is 30.3 Å². The van der Waals surface area contributed by atoms with Crippen molar-refractivity contribution in [1.82, 2.24) is 9.97 Å². The molecule has 100 valence electrons. The van der Waals surface area contributed by atoms with Gasteiger partial charge in [0, 0.05) is 18.5 Å². The predicted octanol–water partition coefficient (Wildman–Crippen LogP) is 1.07. The summed E-state index contributed by atoms with van der Waals surface area (Å²) in [7, 11) is 0. The highest BCUT2D eigenvalue weighted by Gasteiger charge is 2.08. The van der Waals surface area contributed by atoms with E-state index in [1.807, 2.05) is 37.3 Å². The van der Waals surface area contributed by atoms with E-state index in [0.717, 1.165) is 5.56 Å². The Balaban J connectivity index is 2.25. The molecule has 2 aromatic rings. The normalized spacial score (nSPS) is 10.4. The van der Waals surface area contributed by atoms with Crippen LogP contribution in [0.5, 0.6) is 0 Å². The third kappa shape index (κ3) is 3.42. The van der Waals surface area contributed by atoms with Gasteiger partial charge in [0.25, 0.3) is 5.56 Å². The molecule has 0 amide bonds. The molecule has 5 heteroatoms. The number of anilines is 1. The highest BCUT2D eigenvalue weighted by molar-refractivity contribution is 5.32. The van der Waals surface area contributed by atoms with Crippen molar-refractivity contribution in [2.75, 3.05) is 18.5 Å². The number of H-pyrrole nitrogens is 1. The number of aliphatic hydroxyl groups excluding tert-OH is 1. The summed E-state index contributed by atoms with van der Waals surface area (Å²) in [6.07, 6.45) is 0.565. The molecular formula is C14H17N3O2. The summed E-state index contributed by atoms with van der Waals surface area (Å²) in [5, 5.41) is 11.6. The lowest BCUT2D eigenvalue weighted by Crippen LogP contribution is -2.20. The smallest absolute Gasteiger partial charge is 0.256 e. The second kappa shape index (κ2) is 6.15. The number of aliphatic hydroxyl groups is 1. The van der Waals surface area contributed by atoms with Gasteiger partial charge < -0.3 is 10.4 Å². The molecule has 0 saturated heterocycles. The Morgan fingerprint density at radius 1 is 1.32 bits per heavy atom. The van der Waals surface area contributed by atoms with E-state index in [9.17, 15) is 4.79 Å². The number of nitrogens with zero attached hydrogens (tertiary/aromatic N) is 1. The minimum Gasteiger partial charge on any atom is -0.395 e. The van der Waals surface area contributed by atoms with Gasteiger partial charge in [0.15, 0.2) is 0 Å². The van der Waals surface area contributed by atoms with E-state index in [2.05, 4.69) is 15.3 Å². The topological polar surface area (TPSA) is 78.0 Å². The first-order valence-corrected chi connectivity index (χ1v) is 6.19. The molecule has 1 heterocycles. The average molecular weight is 259 g/mol. The second-order valence-electron chi connectivity index (χ2n) is 4.29. The number of rotatable bonds is 5. The molecule has 0 fully saturated rings. The van der Waals surface area contributed by atoms with E-state index in [0.29, 0.717) is 30.2 Å². The minimum atomic E-state index is -0.142. The number of aryl methyl sites for hydroxylation is 1. The predicted molar refractivity (Wildman–Crippen MR) is 74.4 cm³/mol. The zero-order valence-corrected chi connectivity index (χ0v) is 10.8. The highest BCUT2D eigenvalue weighted by Crippen LogP contribution is 2.09. The molecule has 0 aliphatic carbocycles. The molecule has 1 aromatic carbocycles. The average Bonchev–Trinajstić information content (AvgIpc) is 2.42. The maximum absolute atomic E-state index is 12.0. The molecule has 0 aliphatic heterocycles. The summed E-state index contributed by atoms with van der Waals surface area (Å²) in [5.41, 5.74) is 2.31. The summed E-state index contributed by atoms with van der Waals surface area (Å²) < 4.78 is 0. The molecule has 0 radical (unpaired) electrons. The standard InChI is InChI=1S/C14H17N3O2/c1-10-12(9-11-5-3-2-4-6-11)13(19)17-14(16-10)15-7-8-18/h2-6,18H,7-9H2,1H3,(H2,15,16,17,19). The van der Waals surface area contributed by atoms with Crippen LogP contribution in [-0.4, -0.2) is 28.2 Å². The zero-order valence-electron chi connectivity index (χ0n) is 10.8. The van der Waals surface area contributed by atoms with Crippen LogP contribution in [0.15, 0.2) is 35.1 Å². The fourth-order valence-electron chi connectivity index (χ4n) is 1.88. The number of nitrogens with one attached hydrogen (secondary N) is 2. The van der Waals surface area contributed by atoms with E-state index >= 15 is 0 Å². The fourth-order valence-corrected chi connectivity index (χ4v) is 1.88. The van der Waals surface area contributed by atoms with Gasteiger partial charge in [0.05, 0.1) is 12.3 Å². The Kier molecular flexibility index (Phi) is 4.30. The molecule has 0 spiro atoms. The molecular weight excluding hydrogens is 242 g/mol. The minimum absolute atomic E-state index is 0.00543. The summed E-state index contributed by atoms with van der Waals surface area (Å²) in [6, 6.07) is 9.81. The van der Waals surface area contributed by atoms with Crippen molar-refractivity contribution in [1.29, 1.82) is 0 Å². The summed E-state index contributed by atoms with van der Waals surface area (Å²) in [6.45, 7) is 2.17. The van der Waals surface area contributed by atoms with Crippen molar-refractivity contribution in [3.05, 3.63) is 57.5 Å². The Morgan fingerprint density at radius 3 is 2.68 bits per heavy atom. The maximum atomic E-state index is 12.0. The van der Waals surface area contributed by atoms with Gasteiger partial charge in [-0.3, -0.25) is 9.78 Å². The maximum Gasteiger partial charge on any atom is 0.256 e. The number of benzene rings is 1. The van der Waals surface area contributed by atoms with E-state index < -0.39 is 0 Å².